The van der Waals surface area contributed by atoms with E-state index in [0.717, 1.165) is 27.8 Å². The Morgan fingerprint density at radius 3 is 2.51 bits per heavy atom. The lowest BCUT2D eigenvalue weighted by molar-refractivity contribution is -0.126. The van der Waals surface area contributed by atoms with Gasteiger partial charge in [-0.3, -0.25) is 9.69 Å². The van der Waals surface area contributed by atoms with Gasteiger partial charge in [0.25, 0.3) is 0 Å². The minimum Gasteiger partial charge on any atom is -0.465 e. The zero-order chi connectivity index (χ0) is 24.4. The first kappa shape index (κ1) is 22.9. The number of aliphatic hydroxyl groups excluding tert-OH is 1. The minimum absolute atomic E-state index is 0.253. The lowest BCUT2D eigenvalue weighted by Crippen LogP contribution is -2.36. The summed E-state index contributed by atoms with van der Waals surface area (Å²) in [5.41, 5.74) is 4.78. The number of rotatable bonds is 6. The number of esters is 1. The molecule has 0 saturated carbocycles. The van der Waals surface area contributed by atoms with Crippen LogP contribution in [-0.2, 0) is 16.1 Å². The van der Waals surface area contributed by atoms with Gasteiger partial charge < -0.3 is 15.2 Å². The third-order valence-corrected chi connectivity index (χ3v) is 6.78. The van der Waals surface area contributed by atoms with Crippen LogP contribution in [0.4, 0.5) is 5.13 Å². The molecule has 1 amide bonds. The van der Waals surface area contributed by atoms with Crippen LogP contribution in [0.15, 0.2) is 84.4 Å². The summed E-state index contributed by atoms with van der Waals surface area (Å²) in [6, 6.07) is 21.7. The second-order valence-electron chi connectivity index (χ2n) is 8.17. The summed E-state index contributed by atoms with van der Waals surface area (Å²) in [7, 11) is 1.35. The van der Waals surface area contributed by atoms with Crippen molar-refractivity contribution in [3.63, 3.8) is 0 Å². The Morgan fingerprint density at radius 1 is 1.09 bits per heavy atom. The number of hydrogen-bond donors (Lipinski definition) is 2. The lowest BCUT2D eigenvalue weighted by Gasteiger charge is -2.29. The highest BCUT2D eigenvalue weighted by Crippen LogP contribution is 2.40. The van der Waals surface area contributed by atoms with Crippen molar-refractivity contribution in [1.29, 1.82) is 0 Å². The van der Waals surface area contributed by atoms with Gasteiger partial charge in [-0.25, -0.2) is 9.78 Å². The highest BCUT2D eigenvalue weighted by atomic mass is 32.1. The normalized spacial score (nSPS) is 15.9. The molecule has 35 heavy (non-hydrogen) atoms. The second-order valence-corrected chi connectivity index (χ2v) is 9.06. The molecule has 4 aromatic rings. The zero-order valence-electron chi connectivity index (χ0n) is 18.9. The molecule has 5 rings (SSSR count). The third kappa shape index (κ3) is 4.59. The van der Waals surface area contributed by atoms with Crippen molar-refractivity contribution in [3.05, 3.63) is 107 Å². The van der Waals surface area contributed by atoms with E-state index in [-0.39, 0.29) is 11.9 Å². The number of benzene rings is 3. The highest BCUT2D eigenvalue weighted by molar-refractivity contribution is 7.13. The number of ether oxygens (including phenoxy) is 1. The van der Waals surface area contributed by atoms with Crippen LogP contribution >= 0.6 is 11.3 Å². The van der Waals surface area contributed by atoms with Crippen LogP contribution < -0.4 is 5.32 Å². The molecule has 0 saturated heterocycles. The fourth-order valence-corrected chi connectivity index (χ4v) is 4.89. The number of nitrogens with one attached hydrogen (secondary N) is 1. The van der Waals surface area contributed by atoms with E-state index in [1.807, 2.05) is 60.7 Å². The molecule has 1 unspecified atom stereocenters. The molecule has 8 heteroatoms. The first-order chi connectivity index (χ1) is 17.0. The molecule has 2 N–H and O–H groups in total. The quantitative estimate of drug-likeness (QED) is 0.382. The largest absolute Gasteiger partial charge is 0.465 e. The van der Waals surface area contributed by atoms with Gasteiger partial charge in [0.2, 0.25) is 5.91 Å². The van der Waals surface area contributed by atoms with Gasteiger partial charge in [0, 0.05) is 23.7 Å². The van der Waals surface area contributed by atoms with Crippen LogP contribution in [0.1, 0.15) is 39.3 Å². The maximum absolute atomic E-state index is 13.4. The Kier molecular flexibility index (Phi) is 6.41. The number of aromatic nitrogens is 1. The van der Waals surface area contributed by atoms with E-state index in [2.05, 4.69) is 10.3 Å². The Balaban J connectivity index is 1.44. The van der Waals surface area contributed by atoms with E-state index in [0.29, 0.717) is 17.2 Å². The van der Waals surface area contributed by atoms with E-state index in [4.69, 9.17) is 4.74 Å². The summed E-state index contributed by atoms with van der Waals surface area (Å²) in [6.45, 7) is 0.420. The molecule has 1 aliphatic rings. The number of amides is 1. The van der Waals surface area contributed by atoms with Gasteiger partial charge >= 0.3 is 5.97 Å². The van der Waals surface area contributed by atoms with Crippen LogP contribution in [0.2, 0.25) is 0 Å². The molecular formula is C27H23N3O4S. The molecule has 7 nitrogen and oxygen atoms in total. The molecule has 176 valence electrons. The highest BCUT2D eigenvalue weighted by Gasteiger charge is 2.38. The molecule has 0 bridgehead atoms. The number of nitrogens with zero attached hydrogens (tertiary/aromatic N) is 2. The van der Waals surface area contributed by atoms with E-state index in [1.165, 1.54) is 18.4 Å². The summed E-state index contributed by atoms with van der Waals surface area (Å²) in [5.74, 6) is -0.642. The molecule has 2 atom stereocenters. The van der Waals surface area contributed by atoms with Crippen molar-refractivity contribution >= 4 is 28.3 Å². The molecule has 0 aliphatic carbocycles. The van der Waals surface area contributed by atoms with E-state index in [9.17, 15) is 14.7 Å². The van der Waals surface area contributed by atoms with E-state index >= 15 is 0 Å². The predicted octanol–water partition coefficient (Wildman–Crippen LogP) is 4.78. The van der Waals surface area contributed by atoms with Crippen molar-refractivity contribution in [2.75, 3.05) is 12.4 Å². The molecular weight excluding hydrogens is 462 g/mol. The van der Waals surface area contributed by atoms with Crippen LogP contribution in [0, 0.1) is 0 Å². The first-order valence-corrected chi connectivity index (χ1v) is 11.9. The predicted molar refractivity (Wildman–Crippen MR) is 134 cm³/mol. The maximum Gasteiger partial charge on any atom is 0.337 e. The van der Waals surface area contributed by atoms with Crippen molar-refractivity contribution in [2.24, 2.45) is 0 Å². The summed E-state index contributed by atoms with van der Waals surface area (Å²) in [4.78, 5) is 31.0. The maximum atomic E-state index is 13.4. The summed E-state index contributed by atoms with van der Waals surface area (Å²) in [5, 5.41) is 16.5. The molecule has 0 fully saturated rings. The van der Waals surface area contributed by atoms with Crippen LogP contribution in [0.25, 0.3) is 11.1 Å². The molecule has 0 radical (unpaired) electrons. The topological polar surface area (TPSA) is 91.8 Å². The number of aliphatic hydroxyl groups is 1. The Morgan fingerprint density at radius 2 is 1.83 bits per heavy atom. The van der Waals surface area contributed by atoms with Gasteiger partial charge in [-0.2, -0.15) is 0 Å². The number of methoxy groups -OCH3 is 1. The standard InChI is InChI=1S/C27H23N3O4S/c1-34-26(33)19-9-7-17(8-10-19)20-11-12-21-16-30(25(32)22(21)15-20)23(18-5-3-2-4-6-18)24(31)29-27-28-13-14-35-27/h2-15,23,25,32H,16H2,1H3,(H,28,29,31)/t23-,25?/m1/s1. The Labute approximate surface area is 206 Å². The monoisotopic (exact) mass is 485 g/mol. The summed E-state index contributed by atoms with van der Waals surface area (Å²) >= 11 is 1.35. The molecule has 1 aromatic heterocycles. The number of carbonyl (C=O) groups is 2. The first-order valence-electron chi connectivity index (χ1n) is 11.1. The number of thiazole rings is 1. The number of hydrogen-bond acceptors (Lipinski definition) is 7. The Bertz CT molecular complexity index is 1340. The van der Waals surface area contributed by atoms with Crippen LogP contribution in [-0.4, -0.2) is 34.0 Å². The van der Waals surface area contributed by atoms with Crippen molar-refractivity contribution in [2.45, 2.75) is 18.8 Å². The van der Waals surface area contributed by atoms with Gasteiger partial charge in [-0.15, -0.1) is 11.3 Å². The summed E-state index contributed by atoms with van der Waals surface area (Å²) < 4.78 is 4.77. The molecule has 0 spiro atoms. The minimum atomic E-state index is -0.966. The van der Waals surface area contributed by atoms with Crippen LogP contribution in [0.5, 0.6) is 0 Å². The molecule has 1 aliphatic heterocycles. The van der Waals surface area contributed by atoms with E-state index in [1.54, 1.807) is 28.6 Å². The average molecular weight is 486 g/mol. The molecule has 2 heterocycles. The Hall–Kier alpha value is -3.85. The van der Waals surface area contributed by atoms with Crippen molar-refractivity contribution in [3.8, 4) is 11.1 Å². The van der Waals surface area contributed by atoms with Crippen molar-refractivity contribution in [1.82, 2.24) is 9.88 Å². The van der Waals surface area contributed by atoms with Gasteiger partial charge in [0.15, 0.2) is 5.13 Å². The number of carbonyl (C=O) groups excluding carboxylic acids is 2. The van der Waals surface area contributed by atoms with Gasteiger partial charge in [-0.05, 0) is 40.5 Å². The second kappa shape index (κ2) is 9.79. The van der Waals surface area contributed by atoms with Crippen LogP contribution in [0.3, 0.4) is 0 Å². The van der Waals surface area contributed by atoms with Crippen molar-refractivity contribution < 1.29 is 19.4 Å². The summed E-state index contributed by atoms with van der Waals surface area (Å²) in [6.07, 6.45) is 0.670. The SMILES string of the molecule is COC(=O)c1ccc(-c2ccc3c(c2)C(O)N([C@@H](C(=O)Nc2nccs2)c2ccccc2)C3)cc1. The number of fused-ring (bicyclic) bond motifs is 1. The van der Waals surface area contributed by atoms with Gasteiger partial charge in [0.05, 0.1) is 12.7 Å². The van der Waals surface area contributed by atoms with Gasteiger partial charge in [-0.1, -0.05) is 54.6 Å². The van der Waals surface area contributed by atoms with E-state index < -0.39 is 12.3 Å². The van der Waals surface area contributed by atoms with Gasteiger partial charge in [0.1, 0.15) is 12.3 Å². The smallest absolute Gasteiger partial charge is 0.337 e. The lowest BCUT2D eigenvalue weighted by atomic mass is 9.99. The number of anilines is 1. The fraction of sp³-hybridized carbons (Fsp3) is 0.148. The average Bonchev–Trinajstić information content (AvgIpc) is 3.52. The molecule has 3 aromatic carbocycles. The zero-order valence-corrected chi connectivity index (χ0v) is 19.7. The fourth-order valence-electron chi connectivity index (χ4n) is 4.36. The third-order valence-electron chi connectivity index (χ3n) is 6.09.